The van der Waals surface area contributed by atoms with Gasteiger partial charge < -0.3 is 10.1 Å². The number of hydrogen-bond acceptors (Lipinski definition) is 2. The normalized spacial score (nSPS) is 15.2. The van der Waals surface area contributed by atoms with E-state index in [0.717, 1.165) is 11.4 Å². The monoisotopic (exact) mass is 309 g/mol. The number of methoxy groups -OCH3 is 1. The van der Waals surface area contributed by atoms with Crippen molar-refractivity contribution in [2.24, 2.45) is 0 Å². The lowest BCUT2D eigenvalue weighted by molar-refractivity contribution is 0.102. The number of nitrogens with one attached hydrogen (secondary N) is 1. The lowest BCUT2D eigenvalue weighted by atomic mass is 9.84. The number of benzene rings is 2. The molecule has 2 aromatic rings. The molecule has 1 aliphatic carbocycles. The Morgan fingerprint density at radius 1 is 0.957 bits per heavy atom. The first-order valence-electron chi connectivity index (χ1n) is 8.31. The molecule has 0 aromatic heterocycles. The summed E-state index contributed by atoms with van der Waals surface area (Å²) >= 11 is 0. The number of anilines is 1. The molecule has 3 nitrogen and oxygen atoms in total. The number of carbonyl (C=O) groups is 1. The van der Waals surface area contributed by atoms with E-state index >= 15 is 0 Å². The van der Waals surface area contributed by atoms with E-state index in [1.54, 1.807) is 7.11 Å². The van der Waals surface area contributed by atoms with Crippen molar-refractivity contribution in [1.82, 2.24) is 0 Å². The summed E-state index contributed by atoms with van der Waals surface area (Å²) in [5.41, 5.74) is 2.83. The molecule has 0 bridgehead atoms. The Kier molecular flexibility index (Phi) is 4.96. The van der Waals surface area contributed by atoms with Crippen LogP contribution in [0.15, 0.2) is 48.5 Å². The summed E-state index contributed by atoms with van der Waals surface area (Å²) in [7, 11) is 1.63. The van der Waals surface area contributed by atoms with Gasteiger partial charge in [0, 0.05) is 11.3 Å². The summed E-state index contributed by atoms with van der Waals surface area (Å²) in [5.74, 6) is 1.37. The maximum absolute atomic E-state index is 12.3. The van der Waals surface area contributed by atoms with Crippen molar-refractivity contribution in [3.8, 4) is 5.75 Å². The molecular formula is C20H23NO2. The molecule has 1 saturated carbocycles. The van der Waals surface area contributed by atoms with Gasteiger partial charge in [-0.05, 0) is 60.7 Å². The fourth-order valence-electron chi connectivity index (χ4n) is 3.22. The van der Waals surface area contributed by atoms with Crippen LogP contribution >= 0.6 is 0 Å². The number of amides is 1. The highest BCUT2D eigenvalue weighted by Crippen LogP contribution is 2.32. The zero-order chi connectivity index (χ0) is 16.1. The van der Waals surface area contributed by atoms with Crippen molar-refractivity contribution >= 4 is 11.6 Å². The highest BCUT2D eigenvalue weighted by atomic mass is 16.5. The van der Waals surface area contributed by atoms with Crippen LogP contribution in [0.25, 0.3) is 0 Å². The fourth-order valence-corrected chi connectivity index (χ4v) is 3.22. The van der Waals surface area contributed by atoms with E-state index < -0.39 is 0 Å². The quantitative estimate of drug-likeness (QED) is 0.863. The van der Waals surface area contributed by atoms with Crippen molar-refractivity contribution in [3.63, 3.8) is 0 Å². The Morgan fingerprint density at radius 2 is 1.61 bits per heavy atom. The van der Waals surface area contributed by atoms with E-state index in [1.807, 2.05) is 36.4 Å². The minimum atomic E-state index is -0.0784. The number of rotatable bonds is 4. The van der Waals surface area contributed by atoms with Gasteiger partial charge in [-0.3, -0.25) is 4.79 Å². The van der Waals surface area contributed by atoms with Gasteiger partial charge in [0.15, 0.2) is 0 Å². The van der Waals surface area contributed by atoms with Crippen LogP contribution in [0.5, 0.6) is 5.75 Å². The number of carbonyl (C=O) groups excluding carboxylic acids is 1. The molecule has 1 N–H and O–H groups in total. The van der Waals surface area contributed by atoms with Crippen LogP contribution in [0.3, 0.4) is 0 Å². The molecule has 0 radical (unpaired) electrons. The first-order chi connectivity index (χ1) is 11.3. The van der Waals surface area contributed by atoms with Crippen molar-refractivity contribution in [2.75, 3.05) is 12.4 Å². The molecule has 0 atom stereocenters. The first-order valence-corrected chi connectivity index (χ1v) is 8.31. The second kappa shape index (κ2) is 7.32. The van der Waals surface area contributed by atoms with Crippen molar-refractivity contribution in [2.45, 2.75) is 38.0 Å². The van der Waals surface area contributed by atoms with Gasteiger partial charge in [-0.2, -0.15) is 0 Å². The maximum Gasteiger partial charge on any atom is 0.255 e. The third kappa shape index (κ3) is 3.92. The lowest BCUT2D eigenvalue weighted by Crippen LogP contribution is -2.12. The van der Waals surface area contributed by atoms with E-state index in [0.29, 0.717) is 11.5 Å². The predicted octanol–water partition coefficient (Wildman–Crippen LogP) is 5.00. The van der Waals surface area contributed by atoms with Crippen LogP contribution in [0.1, 0.15) is 53.9 Å². The molecular weight excluding hydrogens is 286 g/mol. The van der Waals surface area contributed by atoms with E-state index in [2.05, 4.69) is 17.4 Å². The third-order valence-corrected chi connectivity index (χ3v) is 4.60. The Morgan fingerprint density at radius 3 is 2.22 bits per heavy atom. The molecule has 2 aromatic carbocycles. The molecule has 120 valence electrons. The molecule has 1 fully saturated rings. The molecule has 3 rings (SSSR count). The van der Waals surface area contributed by atoms with Crippen LogP contribution in [-0.2, 0) is 0 Å². The Balaban J connectivity index is 1.64. The summed E-state index contributed by atoms with van der Waals surface area (Å²) in [6.45, 7) is 0. The Bertz CT molecular complexity index is 640. The van der Waals surface area contributed by atoms with Crippen molar-refractivity contribution < 1.29 is 9.53 Å². The average molecular weight is 309 g/mol. The van der Waals surface area contributed by atoms with Gasteiger partial charge in [0.2, 0.25) is 0 Å². The van der Waals surface area contributed by atoms with Gasteiger partial charge in [-0.1, -0.05) is 31.4 Å². The van der Waals surface area contributed by atoms with Gasteiger partial charge in [0.1, 0.15) is 5.75 Å². The Labute approximate surface area is 137 Å². The smallest absolute Gasteiger partial charge is 0.255 e. The SMILES string of the molecule is COc1ccc(NC(=O)c2ccc(C3CCCCC3)cc2)cc1. The minimum Gasteiger partial charge on any atom is -0.497 e. The second-order valence-electron chi connectivity index (χ2n) is 6.14. The summed E-state index contributed by atoms with van der Waals surface area (Å²) in [4.78, 5) is 12.3. The first kappa shape index (κ1) is 15.6. The minimum absolute atomic E-state index is 0.0784. The van der Waals surface area contributed by atoms with Crippen molar-refractivity contribution in [3.05, 3.63) is 59.7 Å². The van der Waals surface area contributed by atoms with E-state index in [1.165, 1.54) is 37.7 Å². The molecule has 1 aliphatic rings. The summed E-state index contributed by atoms with van der Waals surface area (Å²) in [6.07, 6.45) is 6.56. The zero-order valence-electron chi connectivity index (χ0n) is 13.5. The predicted molar refractivity (Wildman–Crippen MR) is 93.2 cm³/mol. The van der Waals surface area contributed by atoms with Crippen LogP contribution in [0.4, 0.5) is 5.69 Å². The molecule has 0 unspecified atom stereocenters. The largest absolute Gasteiger partial charge is 0.497 e. The number of ether oxygens (including phenoxy) is 1. The van der Waals surface area contributed by atoms with Crippen molar-refractivity contribution in [1.29, 1.82) is 0 Å². The highest BCUT2D eigenvalue weighted by Gasteiger charge is 2.15. The van der Waals surface area contributed by atoms with Gasteiger partial charge in [0.25, 0.3) is 5.91 Å². The standard InChI is InChI=1S/C20H23NO2/c1-23-19-13-11-18(12-14-19)21-20(22)17-9-7-16(8-10-17)15-5-3-2-4-6-15/h7-15H,2-6H2,1H3,(H,21,22). The van der Waals surface area contributed by atoms with Gasteiger partial charge in [0.05, 0.1) is 7.11 Å². The number of hydrogen-bond donors (Lipinski definition) is 1. The summed E-state index contributed by atoms with van der Waals surface area (Å²) < 4.78 is 5.12. The fraction of sp³-hybridized carbons (Fsp3) is 0.350. The Hall–Kier alpha value is -2.29. The maximum atomic E-state index is 12.3. The molecule has 23 heavy (non-hydrogen) atoms. The molecule has 0 saturated heterocycles. The molecule has 1 amide bonds. The highest BCUT2D eigenvalue weighted by molar-refractivity contribution is 6.04. The summed E-state index contributed by atoms with van der Waals surface area (Å²) in [5, 5.41) is 2.91. The van der Waals surface area contributed by atoms with Crippen LogP contribution in [-0.4, -0.2) is 13.0 Å². The van der Waals surface area contributed by atoms with E-state index in [4.69, 9.17) is 4.74 Å². The molecule has 0 aliphatic heterocycles. The topological polar surface area (TPSA) is 38.3 Å². The second-order valence-corrected chi connectivity index (χ2v) is 6.14. The lowest BCUT2D eigenvalue weighted by Gasteiger charge is -2.22. The van der Waals surface area contributed by atoms with E-state index in [9.17, 15) is 4.79 Å². The van der Waals surface area contributed by atoms with E-state index in [-0.39, 0.29) is 5.91 Å². The molecule has 3 heteroatoms. The van der Waals surface area contributed by atoms with Crippen LogP contribution < -0.4 is 10.1 Å². The van der Waals surface area contributed by atoms with Gasteiger partial charge in [-0.15, -0.1) is 0 Å². The van der Waals surface area contributed by atoms with Crippen LogP contribution in [0.2, 0.25) is 0 Å². The van der Waals surface area contributed by atoms with Gasteiger partial charge in [-0.25, -0.2) is 0 Å². The average Bonchev–Trinajstić information content (AvgIpc) is 2.63. The van der Waals surface area contributed by atoms with Crippen LogP contribution in [0, 0.1) is 0 Å². The molecule has 0 heterocycles. The zero-order valence-corrected chi connectivity index (χ0v) is 13.5. The third-order valence-electron chi connectivity index (χ3n) is 4.60. The molecule has 0 spiro atoms. The van der Waals surface area contributed by atoms with Gasteiger partial charge >= 0.3 is 0 Å². The summed E-state index contributed by atoms with van der Waals surface area (Å²) in [6, 6.07) is 15.4.